The molecule has 3 nitrogen and oxygen atoms in total. The zero-order valence-corrected chi connectivity index (χ0v) is 12.6. The van der Waals surface area contributed by atoms with Gasteiger partial charge >= 0.3 is 0 Å². The van der Waals surface area contributed by atoms with Crippen LogP contribution in [0.4, 0.5) is 0 Å². The summed E-state index contributed by atoms with van der Waals surface area (Å²) in [4.78, 5) is 7.75. The first kappa shape index (κ1) is 14.3. The molecule has 0 bridgehead atoms. The van der Waals surface area contributed by atoms with Crippen LogP contribution in [-0.4, -0.2) is 73.6 Å². The second-order valence-corrected chi connectivity index (χ2v) is 6.51. The van der Waals surface area contributed by atoms with Crippen LogP contribution in [0.5, 0.6) is 0 Å². The maximum atomic E-state index is 2.68. The molecule has 3 heteroatoms. The minimum atomic E-state index is 0.723. The van der Waals surface area contributed by atoms with Gasteiger partial charge < -0.3 is 9.80 Å². The first-order chi connectivity index (χ1) is 8.65. The van der Waals surface area contributed by atoms with E-state index >= 15 is 0 Å². The summed E-state index contributed by atoms with van der Waals surface area (Å²) in [6.45, 7) is 13.7. The van der Waals surface area contributed by atoms with Gasteiger partial charge in [-0.1, -0.05) is 0 Å². The molecule has 0 spiro atoms. The highest BCUT2D eigenvalue weighted by molar-refractivity contribution is 4.76. The second kappa shape index (κ2) is 6.88. The van der Waals surface area contributed by atoms with E-state index in [1.807, 2.05) is 0 Å². The third-order valence-corrected chi connectivity index (χ3v) is 4.83. The molecule has 106 valence electrons. The van der Waals surface area contributed by atoms with E-state index in [4.69, 9.17) is 0 Å². The van der Waals surface area contributed by atoms with Crippen LogP contribution in [0.25, 0.3) is 0 Å². The Hall–Kier alpha value is -0.120. The fourth-order valence-corrected chi connectivity index (χ4v) is 3.22. The zero-order valence-electron chi connectivity index (χ0n) is 12.6. The van der Waals surface area contributed by atoms with Crippen LogP contribution in [0, 0.1) is 5.92 Å². The molecule has 2 heterocycles. The lowest BCUT2D eigenvalue weighted by atomic mass is 9.93. The lowest BCUT2D eigenvalue weighted by Crippen LogP contribution is -2.49. The molecular weight excluding hydrogens is 222 g/mol. The van der Waals surface area contributed by atoms with Gasteiger partial charge in [0, 0.05) is 32.2 Å². The van der Waals surface area contributed by atoms with Crippen LogP contribution in [0.3, 0.4) is 0 Å². The van der Waals surface area contributed by atoms with Gasteiger partial charge in [-0.05, 0) is 65.7 Å². The van der Waals surface area contributed by atoms with Gasteiger partial charge in [-0.2, -0.15) is 0 Å². The quantitative estimate of drug-likeness (QED) is 0.756. The summed E-state index contributed by atoms with van der Waals surface area (Å²) in [6.07, 6.45) is 4.26. The highest BCUT2D eigenvalue weighted by atomic mass is 15.3. The van der Waals surface area contributed by atoms with Crippen molar-refractivity contribution in [2.75, 3.05) is 52.9 Å². The van der Waals surface area contributed by atoms with Crippen LogP contribution in [0.15, 0.2) is 0 Å². The van der Waals surface area contributed by atoms with Crippen LogP contribution in [-0.2, 0) is 0 Å². The maximum absolute atomic E-state index is 2.68. The lowest BCUT2D eigenvalue weighted by Gasteiger charge is -2.38. The average molecular weight is 253 g/mol. The minimum absolute atomic E-state index is 0.723. The summed E-state index contributed by atoms with van der Waals surface area (Å²) in [7, 11) is 2.25. The third kappa shape index (κ3) is 4.22. The molecule has 0 aromatic carbocycles. The molecule has 0 atom stereocenters. The summed E-state index contributed by atoms with van der Waals surface area (Å²) in [6, 6.07) is 0.723. The molecule has 18 heavy (non-hydrogen) atoms. The monoisotopic (exact) mass is 253 g/mol. The molecular formula is C15H31N3. The van der Waals surface area contributed by atoms with Crippen LogP contribution < -0.4 is 0 Å². The third-order valence-electron chi connectivity index (χ3n) is 4.83. The van der Waals surface area contributed by atoms with E-state index < -0.39 is 0 Å². The van der Waals surface area contributed by atoms with Gasteiger partial charge in [0.05, 0.1) is 0 Å². The van der Waals surface area contributed by atoms with Gasteiger partial charge in [0.25, 0.3) is 0 Å². The van der Waals surface area contributed by atoms with Crippen molar-refractivity contribution in [3.8, 4) is 0 Å². The molecule has 2 fully saturated rings. The van der Waals surface area contributed by atoms with Gasteiger partial charge in [-0.15, -0.1) is 0 Å². The molecule has 2 saturated heterocycles. The van der Waals surface area contributed by atoms with Crippen molar-refractivity contribution in [2.24, 2.45) is 5.92 Å². The summed E-state index contributed by atoms with van der Waals surface area (Å²) in [5.41, 5.74) is 0. The number of piperidine rings is 1. The average Bonchev–Trinajstić information content (AvgIpc) is 2.38. The van der Waals surface area contributed by atoms with Gasteiger partial charge in [0.1, 0.15) is 0 Å². The summed E-state index contributed by atoms with van der Waals surface area (Å²) < 4.78 is 0. The Kier molecular flexibility index (Phi) is 5.46. The molecule has 2 aliphatic rings. The van der Waals surface area contributed by atoms with Gasteiger partial charge in [0.2, 0.25) is 0 Å². The number of hydrogen-bond acceptors (Lipinski definition) is 3. The summed E-state index contributed by atoms with van der Waals surface area (Å²) >= 11 is 0. The van der Waals surface area contributed by atoms with Crippen molar-refractivity contribution in [3.63, 3.8) is 0 Å². The predicted octanol–water partition coefficient (Wildman–Crippen LogP) is 1.74. The summed E-state index contributed by atoms with van der Waals surface area (Å²) in [5, 5.41) is 0. The predicted molar refractivity (Wildman–Crippen MR) is 78.0 cm³/mol. The van der Waals surface area contributed by atoms with E-state index in [9.17, 15) is 0 Å². The number of hydrogen-bond donors (Lipinski definition) is 0. The van der Waals surface area contributed by atoms with Crippen molar-refractivity contribution in [1.82, 2.24) is 14.7 Å². The molecule has 2 rings (SSSR count). The zero-order chi connectivity index (χ0) is 13.0. The van der Waals surface area contributed by atoms with Gasteiger partial charge in [0.15, 0.2) is 0 Å². The van der Waals surface area contributed by atoms with E-state index in [-0.39, 0.29) is 0 Å². The first-order valence-electron chi connectivity index (χ1n) is 7.80. The van der Waals surface area contributed by atoms with Gasteiger partial charge in [-0.3, -0.25) is 4.90 Å². The lowest BCUT2D eigenvalue weighted by molar-refractivity contribution is 0.0993. The second-order valence-electron chi connectivity index (χ2n) is 6.51. The standard InChI is InChI=1S/C15H31N3/c1-14(2)18-12-10-17(11-13-18)9-6-15-4-7-16(3)8-5-15/h14-15H,4-13H2,1-3H3. The summed E-state index contributed by atoms with van der Waals surface area (Å²) in [5.74, 6) is 0.990. The number of likely N-dealkylation sites (tertiary alicyclic amines) is 1. The molecule has 0 N–H and O–H groups in total. The van der Waals surface area contributed by atoms with Gasteiger partial charge in [-0.25, -0.2) is 0 Å². The Bertz CT molecular complexity index is 226. The van der Waals surface area contributed by atoms with E-state index in [0.29, 0.717) is 0 Å². The van der Waals surface area contributed by atoms with Crippen molar-refractivity contribution in [3.05, 3.63) is 0 Å². The highest BCUT2D eigenvalue weighted by Gasteiger charge is 2.21. The molecule has 0 unspecified atom stereocenters. The minimum Gasteiger partial charge on any atom is -0.306 e. The Morgan fingerprint density at radius 2 is 1.56 bits per heavy atom. The van der Waals surface area contributed by atoms with E-state index in [1.54, 1.807) is 0 Å². The Morgan fingerprint density at radius 1 is 0.944 bits per heavy atom. The van der Waals surface area contributed by atoms with Crippen LogP contribution in [0.1, 0.15) is 33.1 Å². The van der Waals surface area contributed by atoms with Crippen LogP contribution >= 0.6 is 0 Å². The number of rotatable bonds is 4. The SMILES string of the molecule is CC(C)N1CCN(CCC2CCN(C)CC2)CC1. The number of nitrogens with zero attached hydrogens (tertiary/aromatic N) is 3. The molecule has 2 aliphatic heterocycles. The Balaban J connectivity index is 1.60. The normalized spacial score (nSPS) is 26.0. The van der Waals surface area contributed by atoms with Crippen molar-refractivity contribution in [1.29, 1.82) is 0 Å². The van der Waals surface area contributed by atoms with Crippen molar-refractivity contribution >= 4 is 0 Å². The molecule has 0 aliphatic carbocycles. The maximum Gasteiger partial charge on any atom is 0.0113 e. The van der Waals surface area contributed by atoms with E-state index in [2.05, 4.69) is 35.6 Å². The topological polar surface area (TPSA) is 9.72 Å². The molecule has 0 radical (unpaired) electrons. The fourth-order valence-electron chi connectivity index (χ4n) is 3.22. The highest BCUT2D eigenvalue weighted by Crippen LogP contribution is 2.20. The van der Waals surface area contributed by atoms with E-state index in [0.717, 1.165) is 12.0 Å². The molecule has 0 aromatic heterocycles. The van der Waals surface area contributed by atoms with Crippen molar-refractivity contribution < 1.29 is 0 Å². The molecule has 0 aromatic rings. The Morgan fingerprint density at radius 3 is 2.11 bits per heavy atom. The molecule has 0 saturated carbocycles. The largest absolute Gasteiger partial charge is 0.306 e. The fraction of sp³-hybridized carbons (Fsp3) is 1.00. The molecule has 0 amide bonds. The Labute approximate surface area is 113 Å². The smallest absolute Gasteiger partial charge is 0.0113 e. The first-order valence-corrected chi connectivity index (χ1v) is 7.80. The van der Waals surface area contributed by atoms with Crippen molar-refractivity contribution in [2.45, 2.75) is 39.2 Å². The number of piperazine rings is 1. The van der Waals surface area contributed by atoms with E-state index in [1.165, 1.54) is 65.1 Å². The van der Waals surface area contributed by atoms with Crippen LogP contribution in [0.2, 0.25) is 0 Å².